The van der Waals surface area contributed by atoms with E-state index in [1.165, 1.54) is 24.1 Å². The summed E-state index contributed by atoms with van der Waals surface area (Å²) in [5.41, 5.74) is 2.65. The molecule has 1 fully saturated rings. The van der Waals surface area contributed by atoms with E-state index in [0.717, 1.165) is 35.5 Å². The number of halogens is 2. The standard InChI is InChI=1S/C14H19Br2NO/c1-17(10-11-4-6-18-7-5-11)14-8-13(16)3-2-12(14)9-15/h2-3,8,11H,4-7,9-10H2,1H3. The number of ether oxygens (including phenoxy) is 1. The fourth-order valence-corrected chi connectivity index (χ4v) is 3.24. The summed E-state index contributed by atoms with van der Waals surface area (Å²) in [6.45, 7) is 2.95. The summed E-state index contributed by atoms with van der Waals surface area (Å²) in [6.07, 6.45) is 2.37. The Balaban J connectivity index is 2.07. The molecule has 0 unspecified atom stereocenters. The quantitative estimate of drug-likeness (QED) is 0.730. The van der Waals surface area contributed by atoms with Crippen LogP contribution in [0.1, 0.15) is 18.4 Å². The number of nitrogens with zero attached hydrogens (tertiary/aromatic N) is 1. The lowest BCUT2D eigenvalue weighted by atomic mass is 9.99. The lowest BCUT2D eigenvalue weighted by Gasteiger charge is -2.29. The predicted molar refractivity (Wildman–Crippen MR) is 83.6 cm³/mol. The van der Waals surface area contributed by atoms with Crippen LogP contribution in [0.5, 0.6) is 0 Å². The van der Waals surface area contributed by atoms with E-state index in [2.05, 4.69) is 62.0 Å². The zero-order valence-corrected chi connectivity index (χ0v) is 13.8. The van der Waals surface area contributed by atoms with E-state index in [0.29, 0.717) is 0 Å². The maximum absolute atomic E-state index is 5.42. The molecule has 0 amide bonds. The number of rotatable bonds is 4. The second-order valence-corrected chi connectivity index (χ2v) is 6.32. The van der Waals surface area contributed by atoms with Crippen LogP contribution in [0.15, 0.2) is 22.7 Å². The molecule has 18 heavy (non-hydrogen) atoms. The molecular weight excluding hydrogens is 358 g/mol. The Bertz CT molecular complexity index is 391. The zero-order valence-electron chi connectivity index (χ0n) is 10.7. The number of anilines is 1. The Morgan fingerprint density at radius 3 is 2.72 bits per heavy atom. The minimum absolute atomic E-state index is 0.755. The van der Waals surface area contributed by atoms with Gasteiger partial charge in [-0.3, -0.25) is 0 Å². The van der Waals surface area contributed by atoms with E-state index < -0.39 is 0 Å². The molecule has 0 aromatic heterocycles. The average Bonchev–Trinajstić information content (AvgIpc) is 2.40. The van der Waals surface area contributed by atoms with Gasteiger partial charge in [0, 0.05) is 42.3 Å². The number of alkyl halides is 1. The van der Waals surface area contributed by atoms with Crippen LogP contribution in [0, 0.1) is 5.92 Å². The van der Waals surface area contributed by atoms with Crippen molar-refractivity contribution < 1.29 is 4.74 Å². The van der Waals surface area contributed by atoms with Crippen LogP contribution in [0.25, 0.3) is 0 Å². The molecule has 1 heterocycles. The van der Waals surface area contributed by atoms with Gasteiger partial charge in [0.2, 0.25) is 0 Å². The molecule has 0 spiro atoms. The van der Waals surface area contributed by atoms with Crippen LogP contribution in [-0.4, -0.2) is 26.8 Å². The third kappa shape index (κ3) is 3.72. The van der Waals surface area contributed by atoms with Crippen molar-refractivity contribution in [3.05, 3.63) is 28.2 Å². The summed E-state index contributed by atoms with van der Waals surface area (Å²) in [5.74, 6) is 0.755. The normalized spacial score (nSPS) is 16.8. The summed E-state index contributed by atoms with van der Waals surface area (Å²) in [5, 5.41) is 0.897. The number of benzene rings is 1. The minimum Gasteiger partial charge on any atom is -0.381 e. The summed E-state index contributed by atoms with van der Waals surface area (Å²) < 4.78 is 6.56. The second kappa shape index (κ2) is 6.92. The first-order valence-corrected chi connectivity index (χ1v) is 8.25. The van der Waals surface area contributed by atoms with E-state index in [1.807, 2.05) is 0 Å². The Hall–Kier alpha value is -0.0600. The Kier molecular flexibility index (Phi) is 5.52. The zero-order chi connectivity index (χ0) is 13.0. The van der Waals surface area contributed by atoms with E-state index in [1.54, 1.807) is 0 Å². The van der Waals surface area contributed by atoms with Crippen molar-refractivity contribution in [3.63, 3.8) is 0 Å². The molecule has 2 rings (SSSR count). The van der Waals surface area contributed by atoms with Crippen molar-refractivity contribution >= 4 is 37.5 Å². The van der Waals surface area contributed by atoms with E-state index in [-0.39, 0.29) is 0 Å². The first kappa shape index (κ1) is 14.4. The van der Waals surface area contributed by atoms with Gasteiger partial charge in [-0.05, 0) is 36.5 Å². The third-order valence-corrected chi connectivity index (χ3v) is 4.57. The fourth-order valence-electron chi connectivity index (χ4n) is 2.42. The molecule has 0 saturated carbocycles. The van der Waals surface area contributed by atoms with Gasteiger partial charge in [0.05, 0.1) is 0 Å². The monoisotopic (exact) mass is 375 g/mol. The van der Waals surface area contributed by atoms with Gasteiger partial charge in [-0.25, -0.2) is 0 Å². The highest BCUT2D eigenvalue weighted by Crippen LogP contribution is 2.28. The summed E-state index contributed by atoms with van der Waals surface area (Å²) in [7, 11) is 2.18. The number of hydrogen-bond acceptors (Lipinski definition) is 2. The van der Waals surface area contributed by atoms with Gasteiger partial charge in [-0.2, -0.15) is 0 Å². The summed E-state index contributed by atoms with van der Waals surface area (Å²) in [4.78, 5) is 2.37. The van der Waals surface area contributed by atoms with Crippen LogP contribution >= 0.6 is 31.9 Å². The van der Waals surface area contributed by atoms with Crippen molar-refractivity contribution in [1.29, 1.82) is 0 Å². The summed E-state index contributed by atoms with van der Waals surface area (Å²) in [6, 6.07) is 6.48. The molecule has 0 N–H and O–H groups in total. The van der Waals surface area contributed by atoms with Gasteiger partial charge in [0.25, 0.3) is 0 Å². The van der Waals surface area contributed by atoms with Crippen LogP contribution in [-0.2, 0) is 10.1 Å². The van der Waals surface area contributed by atoms with Crippen molar-refractivity contribution in [1.82, 2.24) is 0 Å². The highest BCUT2D eigenvalue weighted by atomic mass is 79.9. The molecule has 4 heteroatoms. The molecule has 0 radical (unpaired) electrons. The molecule has 1 aliphatic heterocycles. The molecule has 1 aliphatic rings. The van der Waals surface area contributed by atoms with E-state index in [4.69, 9.17) is 4.74 Å². The Morgan fingerprint density at radius 1 is 1.33 bits per heavy atom. The lowest BCUT2D eigenvalue weighted by Crippen LogP contribution is -2.30. The Labute approximate surface area is 126 Å². The molecule has 0 aliphatic carbocycles. The largest absolute Gasteiger partial charge is 0.381 e. The number of hydrogen-bond donors (Lipinski definition) is 0. The lowest BCUT2D eigenvalue weighted by molar-refractivity contribution is 0.0685. The SMILES string of the molecule is CN(CC1CCOCC1)c1cc(Br)ccc1CBr. The van der Waals surface area contributed by atoms with Crippen LogP contribution < -0.4 is 4.90 Å². The van der Waals surface area contributed by atoms with Crippen molar-refractivity contribution in [3.8, 4) is 0 Å². The smallest absolute Gasteiger partial charge is 0.0469 e. The molecule has 1 aromatic rings. The van der Waals surface area contributed by atoms with Crippen LogP contribution in [0.4, 0.5) is 5.69 Å². The predicted octanol–water partition coefficient (Wildman–Crippen LogP) is 4.21. The maximum Gasteiger partial charge on any atom is 0.0469 e. The van der Waals surface area contributed by atoms with E-state index in [9.17, 15) is 0 Å². The average molecular weight is 377 g/mol. The highest BCUT2D eigenvalue weighted by Gasteiger charge is 2.17. The molecule has 0 bridgehead atoms. The molecule has 2 nitrogen and oxygen atoms in total. The molecule has 1 saturated heterocycles. The highest BCUT2D eigenvalue weighted by molar-refractivity contribution is 9.10. The summed E-state index contributed by atoms with van der Waals surface area (Å²) >= 11 is 7.12. The van der Waals surface area contributed by atoms with Crippen molar-refractivity contribution in [2.45, 2.75) is 18.2 Å². The van der Waals surface area contributed by atoms with Gasteiger partial charge < -0.3 is 9.64 Å². The van der Waals surface area contributed by atoms with Crippen LogP contribution in [0.3, 0.4) is 0 Å². The van der Waals surface area contributed by atoms with Gasteiger partial charge in [0.1, 0.15) is 0 Å². The van der Waals surface area contributed by atoms with Gasteiger partial charge in [-0.1, -0.05) is 37.9 Å². The van der Waals surface area contributed by atoms with Gasteiger partial charge >= 0.3 is 0 Å². The first-order valence-electron chi connectivity index (χ1n) is 6.34. The van der Waals surface area contributed by atoms with Gasteiger partial charge in [0.15, 0.2) is 0 Å². The molecule has 0 atom stereocenters. The van der Waals surface area contributed by atoms with Crippen molar-refractivity contribution in [2.75, 3.05) is 31.7 Å². The first-order chi connectivity index (χ1) is 8.70. The van der Waals surface area contributed by atoms with Crippen LogP contribution in [0.2, 0.25) is 0 Å². The molecular formula is C14H19Br2NO. The second-order valence-electron chi connectivity index (χ2n) is 4.84. The maximum atomic E-state index is 5.42. The fraction of sp³-hybridized carbons (Fsp3) is 0.571. The molecule has 100 valence electrons. The van der Waals surface area contributed by atoms with Crippen molar-refractivity contribution in [2.24, 2.45) is 5.92 Å². The van der Waals surface area contributed by atoms with E-state index >= 15 is 0 Å². The third-order valence-electron chi connectivity index (χ3n) is 3.48. The topological polar surface area (TPSA) is 12.5 Å². The molecule has 1 aromatic carbocycles. The van der Waals surface area contributed by atoms with Gasteiger partial charge in [-0.15, -0.1) is 0 Å². The minimum atomic E-state index is 0.755. The Morgan fingerprint density at radius 2 is 2.06 bits per heavy atom.